The van der Waals surface area contributed by atoms with Crippen LogP contribution in [0.1, 0.15) is 6.92 Å². The Balaban J connectivity index is 1.85. The van der Waals surface area contributed by atoms with Crippen LogP contribution in [-0.2, 0) is 21.2 Å². The van der Waals surface area contributed by atoms with Gasteiger partial charge in [-0.15, -0.1) is 6.42 Å². The fourth-order valence-electron chi connectivity index (χ4n) is 2.70. The molecule has 0 spiro atoms. The normalized spacial score (nSPS) is 12.0. The fourth-order valence-corrected chi connectivity index (χ4v) is 4.50. The summed E-state index contributed by atoms with van der Waals surface area (Å²) in [6.07, 6.45) is 6.60. The van der Waals surface area contributed by atoms with Crippen molar-refractivity contribution in [3.63, 3.8) is 0 Å². The van der Waals surface area contributed by atoms with Crippen LogP contribution in [0.2, 0.25) is 0 Å². The number of ether oxygens (including phenoxy) is 2. The zero-order valence-corrected chi connectivity index (χ0v) is 18.1. The summed E-state index contributed by atoms with van der Waals surface area (Å²) in [4.78, 5) is 17.0. The summed E-state index contributed by atoms with van der Waals surface area (Å²) in [6.45, 7) is 2.42. The average molecular weight is 445 g/mol. The molecule has 2 aromatic carbocycles. The monoisotopic (exact) mass is 444 g/mol. The summed E-state index contributed by atoms with van der Waals surface area (Å²) < 4.78 is 36.8. The van der Waals surface area contributed by atoms with Gasteiger partial charge in [0, 0.05) is 6.26 Å². The number of carbonyl (C=O) groups is 1. The quantitative estimate of drug-likeness (QED) is 0.523. The van der Waals surface area contributed by atoms with Crippen LogP contribution in [0, 0.1) is 12.3 Å². The number of benzene rings is 2. The second-order valence-electron chi connectivity index (χ2n) is 6.28. The van der Waals surface area contributed by atoms with E-state index in [2.05, 4.69) is 10.9 Å². The van der Waals surface area contributed by atoms with Crippen molar-refractivity contribution < 1.29 is 22.7 Å². The lowest BCUT2D eigenvalue weighted by molar-refractivity contribution is -0.120. The highest BCUT2D eigenvalue weighted by Crippen LogP contribution is 2.22. The zero-order valence-electron chi connectivity index (χ0n) is 16.5. The van der Waals surface area contributed by atoms with E-state index in [1.807, 2.05) is 6.92 Å². The van der Waals surface area contributed by atoms with E-state index in [9.17, 15) is 13.2 Å². The summed E-state index contributed by atoms with van der Waals surface area (Å²) in [5.74, 6) is 3.29. The number of rotatable bonds is 7. The number of aromatic nitrogens is 1. The number of terminal acetylenes is 1. The molecule has 3 aromatic rings. The van der Waals surface area contributed by atoms with Crippen LogP contribution >= 0.6 is 11.3 Å². The molecular formula is C21H20N2O5S2. The maximum atomic E-state index is 12.3. The van der Waals surface area contributed by atoms with Crippen molar-refractivity contribution in [2.45, 2.75) is 18.4 Å². The predicted octanol–water partition coefficient (Wildman–Crippen LogP) is 2.64. The van der Waals surface area contributed by atoms with Crippen molar-refractivity contribution in [3.8, 4) is 23.8 Å². The van der Waals surface area contributed by atoms with Crippen molar-refractivity contribution >= 4 is 37.3 Å². The third-order valence-electron chi connectivity index (χ3n) is 4.05. The molecule has 0 aliphatic heterocycles. The molecule has 1 amide bonds. The Morgan fingerprint density at radius 3 is 2.43 bits per heavy atom. The number of hydrogen-bond donors (Lipinski definition) is 0. The predicted molar refractivity (Wildman–Crippen MR) is 115 cm³/mol. The largest absolute Gasteiger partial charge is 0.494 e. The van der Waals surface area contributed by atoms with E-state index in [4.69, 9.17) is 15.9 Å². The Kier molecular flexibility index (Phi) is 6.59. The Hall–Kier alpha value is -3.09. The molecule has 3 rings (SSSR count). The van der Waals surface area contributed by atoms with Gasteiger partial charge in [-0.05, 0) is 49.4 Å². The van der Waals surface area contributed by atoms with Gasteiger partial charge in [0.05, 0.1) is 28.3 Å². The first-order valence-electron chi connectivity index (χ1n) is 9.02. The number of sulfone groups is 1. The first kappa shape index (κ1) is 21.6. The van der Waals surface area contributed by atoms with Gasteiger partial charge in [0.25, 0.3) is 5.91 Å². The smallest absolute Gasteiger partial charge is 0.286 e. The first-order chi connectivity index (χ1) is 14.3. The molecule has 1 heterocycles. The van der Waals surface area contributed by atoms with E-state index >= 15 is 0 Å². The number of amides is 1. The van der Waals surface area contributed by atoms with E-state index in [1.54, 1.807) is 41.0 Å². The molecular weight excluding hydrogens is 424 g/mol. The molecule has 156 valence electrons. The molecule has 0 unspecified atom stereocenters. The van der Waals surface area contributed by atoms with Crippen LogP contribution in [0.15, 0.2) is 52.4 Å². The van der Waals surface area contributed by atoms with Crippen molar-refractivity contribution in [2.75, 3.05) is 19.5 Å². The average Bonchev–Trinajstić information content (AvgIpc) is 3.04. The van der Waals surface area contributed by atoms with Gasteiger partial charge in [-0.2, -0.15) is 4.99 Å². The maximum Gasteiger partial charge on any atom is 0.286 e. The Labute approximate surface area is 178 Å². The van der Waals surface area contributed by atoms with Crippen molar-refractivity contribution in [1.29, 1.82) is 0 Å². The number of fused-ring (bicyclic) bond motifs is 1. The van der Waals surface area contributed by atoms with E-state index in [-0.39, 0.29) is 18.0 Å². The molecule has 0 aliphatic rings. The highest BCUT2D eigenvalue weighted by Gasteiger charge is 2.12. The van der Waals surface area contributed by atoms with Crippen LogP contribution < -0.4 is 14.3 Å². The van der Waals surface area contributed by atoms with E-state index in [0.717, 1.165) is 12.0 Å². The fraction of sp³-hybridized carbons (Fsp3) is 0.238. The summed E-state index contributed by atoms with van der Waals surface area (Å²) in [5, 5.41) is 0. The van der Waals surface area contributed by atoms with Crippen LogP contribution in [0.4, 0.5) is 0 Å². The topological polar surface area (TPSA) is 87.0 Å². The third kappa shape index (κ3) is 5.09. The molecule has 7 nitrogen and oxygen atoms in total. The van der Waals surface area contributed by atoms with Gasteiger partial charge in [0.1, 0.15) is 11.5 Å². The second-order valence-corrected chi connectivity index (χ2v) is 9.30. The number of carbonyl (C=O) groups excluding carboxylic acids is 1. The molecule has 0 fully saturated rings. The van der Waals surface area contributed by atoms with Crippen LogP contribution in [0.3, 0.4) is 0 Å². The molecule has 0 saturated carbocycles. The van der Waals surface area contributed by atoms with Gasteiger partial charge in [-0.3, -0.25) is 4.79 Å². The van der Waals surface area contributed by atoms with Gasteiger partial charge < -0.3 is 14.0 Å². The van der Waals surface area contributed by atoms with Crippen molar-refractivity contribution in [3.05, 3.63) is 47.3 Å². The lowest BCUT2D eigenvalue weighted by Crippen LogP contribution is -2.19. The maximum absolute atomic E-state index is 12.3. The third-order valence-corrected chi connectivity index (χ3v) is 6.20. The first-order valence-corrected chi connectivity index (χ1v) is 11.7. The minimum atomic E-state index is -3.35. The van der Waals surface area contributed by atoms with Gasteiger partial charge in [-0.1, -0.05) is 17.3 Å². The van der Waals surface area contributed by atoms with Gasteiger partial charge in [0.15, 0.2) is 21.2 Å². The summed E-state index contributed by atoms with van der Waals surface area (Å²) in [5.41, 5.74) is 0.712. The van der Waals surface area contributed by atoms with Gasteiger partial charge in [0.2, 0.25) is 0 Å². The molecule has 9 heteroatoms. The standard InChI is InChI=1S/C21H20N2O5S2/c1-4-12-23-18-11-10-17(30(3,25)26)13-19(18)29-21(23)22-20(24)14-28-16-8-6-15(7-9-16)27-5-2/h1,6-11,13H,5,12,14H2,2-3H3. The molecule has 0 bridgehead atoms. The minimum Gasteiger partial charge on any atom is -0.494 e. The summed E-state index contributed by atoms with van der Waals surface area (Å²) in [6, 6.07) is 11.7. The number of thiazole rings is 1. The van der Waals surface area contributed by atoms with Crippen LogP contribution in [0.25, 0.3) is 10.2 Å². The molecule has 1 aromatic heterocycles. The molecule has 0 radical (unpaired) electrons. The second kappa shape index (κ2) is 9.15. The van der Waals surface area contributed by atoms with E-state index in [1.165, 1.54) is 17.4 Å². The molecule has 0 saturated heterocycles. The molecule has 0 N–H and O–H groups in total. The SMILES string of the molecule is C#CCn1c(=NC(=O)COc2ccc(OCC)cc2)sc2cc(S(C)(=O)=O)ccc21. The minimum absolute atomic E-state index is 0.195. The molecule has 30 heavy (non-hydrogen) atoms. The highest BCUT2D eigenvalue weighted by molar-refractivity contribution is 7.90. The lowest BCUT2D eigenvalue weighted by atomic mass is 10.3. The van der Waals surface area contributed by atoms with Crippen molar-refractivity contribution in [2.24, 2.45) is 4.99 Å². The summed E-state index contributed by atoms with van der Waals surface area (Å²) >= 11 is 1.19. The van der Waals surface area contributed by atoms with Crippen molar-refractivity contribution in [1.82, 2.24) is 4.57 Å². The van der Waals surface area contributed by atoms with Crippen LogP contribution in [-0.4, -0.2) is 38.4 Å². The van der Waals surface area contributed by atoms with Gasteiger partial charge in [-0.25, -0.2) is 8.42 Å². The highest BCUT2D eigenvalue weighted by atomic mass is 32.2. The number of nitrogens with zero attached hydrogens (tertiary/aromatic N) is 2. The summed E-state index contributed by atoms with van der Waals surface area (Å²) in [7, 11) is -3.35. The number of hydrogen-bond acceptors (Lipinski definition) is 6. The Bertz CT molecular complexity index is 1280. The molecule has 0 aliphatic carbocycles. The van der Waals surface area contributed by atoms with Crippen LogP contribution in [0.5, 0.6) is 11.5 Å². The van der Waals surface area contributed by atoms with Gasteiger partial charge >= 0.3 is 0 Å². The molecule has 0 atom stereocenters. The van der Waals surface area contributed by atoms with E-state index in [0.29, 0.717) is 27.4 Å². The zero-order chi connectivity index (χ0) is 21.7. The van der Waals surface area contributed by atoms with E-state index < -0.39 is 15.7 Å². The Morgan fingerprint density at radius 1 is 1.17 bits per heavy atom. The Morgan fingerprint density at radius 2 is 1.83 bits per heavy atom. The lowest BCUT2D eigenvalue weighted by Gasteiger charge is -2.06.